The molecule has 210 valence electrons. The minimum absolute atomic E-state index is 0.225. The Balaban J connectivity index is 4.02. The summed E-state index contributed by atoms with van der Waals surface area (Å²) in [5.74, 6) is 0. The Morgan fingerprint density at radius 2 is 1.00 bits per heavy atom. The van der Waals surface area contributed by atoms with Crippen LogP contribution in [0.4, 0.5) is 0 Å². The maximum atomic E-state index is 12.1. The van der Waals surface area contributed by atoms with Gasteiger partial charge in [-0.2, -0.15) is 0 Å². The van der Waals surface area contributed by atoms with Crippen molar-refractivity contribution in [2.75, 3.05) is 32.8 Å². The third-order valence-electron chi connectivity index (χ3n) is 6.46. The van der Waals surface area contributed by atoms with E-state index >= 15 is 0 Å². The van der Waals surface area contributed by atoms with Gasteiger partial charge in [0.15, 0.2) is 0 Å². The highest BCUT2D eigenvalue weighted by Gasteiger charge is 2.19. The highest BCUT2D eigenvalue weighted by atomic mass is 31.2. The molecule has 0 aromatic heterocycles. The van der Waals surface area contributed by atoms with Gasteiger partial charge in [0.1, 0.15) is 0 Å². The number of allylic oxidation sites excluding steroid dienone is 1. The van der Waals surface area contributed by atoms with Gasteiger partial charge in [0.05, 0.1) is 13.2 Å². The van der Waals surface area contributed by atoms with Crippen LogP contribution in [0.1, 0.15) is 143 Å². The van der Waals surface area contributed by atoms with Crippen LogP contribution in [0.3, 0.4) is 0 Å². The van der Waals surface area contributed by atoms with Crippen molar-refractivity contribution in [3.63, 3.8) is 0 Å². The lowest BCUT2D eigenvalue weighted by atomic mass is 10.1. The number of hydrogen-bond donors (Lipinski definition) is 1. The second-order valence-electron chi connectivity index (χ2n) is 9.98. The molecule has 1 N–H and O–H groups in total. The van der Waals surface area contributed by atoms with Crippen LogP contribution in [0.5, 0.6) is 0 Å². The van der Waals surface area contributed by atoms with Crippen LogP contribution < -0.4 is 0 Å². The van der Waals surface area contributed by atoms with Crippen molar-refractivity contribution in [2.24, 2.45) is 0 Å². The van der Waals surface area contributed by atoms with E-state index in [1.165, 1.54) is 109 Å². The molecule has 0 aromatic rings. The number of nitrogens with zero attached hydrogens (tertiary/aromatic N) is 1. The lowest BCUT2D eigenvalue weighted by molar-refractivity contribution is 0.147. The second kappa shape index (κ2) is 26.9. The molecule has 6 heteroatoms. The van der Waals surface area contributed by atoms with E-state index in [-0.39, 0.29) is 13.2 Å². The second-order valence-corrected chi connectivity index (χ2v) is 11.4. The van der Waals surface area contributed by atoms with Gasteiger partial charge in [0.2, 0.25) is 0 Å². The average molecular weight is 518 g/mol. The fourth-order valence-electron chi connectivity index (χ4n) is 4.21. The Morgan fingerprint density at radius 1 is 0.571 bits per heavy atom. The molecule has 0 saturated heterocycles. The largest absolute Gasteiger partial charge is 0.472 e. The molecule has 0 aliphatic heterocycles. The summed E-state index contributed by atoms with van der Waals surface area (Å²) in [6.07, 6.45) is 27.3. The summed E-state index contributed by atoms with van der Waals surface area (Å²) in [4.78, 5) is 12.5. The van der Waals surface area contributed by atoms with Gasteiger partial charge in [-0.1, -0.05) is 110 Å². The molecular weight excluding hydrogens is 457 g/mol. The summed E-state index contributed by atoms with van der Waals surface area (Å²) >= 11 is 0. The van der Waals surface area contributed by atoms with Crippen molar-refractivity contribution in [3.05, 3.63) is 12.2 Å². The van der Waals surface area contributed by atoms with Crippen LogP contribution in [-0.2, 0) is 13.6 Å². The Labute approximate surface area is 219 Å². The molecule has 0 spiro atoms. The van der Waals surface area contributed by atoms with E-state index in [9.17, 15) is 9.46 Å². The van der Waals surface area contributed by atoms with Crippen LogP contribution in [0, 0.1) is 0 Å². The van der Waals surface area contributed by atoms with Crippen LogP contribution in [0.25, 0.3) is 0 Å². The summed E-state index contributed by atoms with van der Waals surface area (Å²) in [6, 6.07) is 0. The number of unbranched alkanes of at least 4 members (excludes halogenated alkanes) is 14. The first-order valence-electron chi connectivity index (χ1n) is 15.0. The van der Waals surface area contributed by atoms with E-state index in [0.29, 0.717) is 6.42 Å². The number of phosphoric ester groups is 1. The number of rotatable bonds is 28. The van der Waals surface area contributed by atoms with E-state index in [4.69, 9.17) is 9.05 Å². The highest BCUT2D eigenvalue weighted by molar-refractivity contribution is 7.47. The summed E-state index contributed by atoms with van der Waals surface area (Å²) in [5.41, 5.74) is 0. The van der Waals surface area contributed by atoms with Crippen molar-refractivity contribution >= 4 is 7.82 Å². The molecular formula is C29H60NO4P. The first-order valence-corrected chi connectivity index (χ1v) is 16.5. The van der Waals surface area contributed by atoms with E-state index < -0.39 is 7.82 Å². The number of hydrogen-bond acceptors (Lipinski definition) is 4. The third kappa shape index (κ3) is 26.7. The lowest BCUT2D eigenvalue weighted by Gasteiger charge is -2.22. The van der Waals surface area contributed by atoms with E-state index in [1.54, 1.807) is 0 Å². The average Bonchev–Trinajstić information content (AvgIpc) is 2.84. The van der Waals surface area contributed by atoms with Gasteiger partial charge in [-0.25, -0.2) is 4.57 Å². The van der Waals surface area contributed by atoms with Gasteiger partial charge in [-0.05, 0) is 64.6 Å². The maximum Gasteiger partial charge on any atom is 0.472 e. The smallest absolute Gasteiger partial charge is 0.303 e. The molecule has 0 fully saturated rings. The summed E-state index contributed by atoms with van der Waals surface area (Å²) < 4.78 is 22.3. The first kappa shape index (κ1) is 34.8. The quantitative estimate of drug-likeness (QED) is 0.0636. The fraction of sp³-hybridized carbons (Fsp3) is 0.931. The van der Waals surface area contributed by atoms with E-state index in [1.807, 2.05) is 6.08 Å². The van der Waals surface area contributed by atoms with Crippen molar-refractivity contribution < 1.29 is 18.5 Å². The Kier molecular flexibility index (Phi) is 26.7. The summed E-state index contributed by atoms with van der Waals surface area (Å²) in [5, 5.41) is 0. The molecule has 0 amide bonds. The van der Waals surface area contributed by atoms with Crippen molar-refractivity contribution in [1.82, 2.24) is 4.90 Å². The molecule has 0 aliphatic rings. The molecule has 5 nitrogen and oxygen atoms in total. The van der Waals surface area contributed by atoms with Gasteiger partial charge in [0, 0.05) is 0 Å². The van der Waals surface area contributed by atoms with Crippen molar-refractivity contribution in [3.8, 4) is 0 Å². The zero-order valence-corrected chi connectivity index (χ0v) is 24.6. The monoisotopic (exact) mass is 517 g/mol. The molecule has 1 atom stereocenters. The molecule has 1 unspecified atom stereocenters. The summed E-state index contributed by atoms with van der Waals surface area (Å²) in [6.45, 7) is 10.6. The van der Waals surface area contributed by atoms with Crippen molar-refractivity contribution in [1.29, 1.82) is 0 Å². The normalized spacial score (nSPS) is 13.7. The molecule has 0 radical (unpaired) electrons. The SMILES string of the molecule is CCCCC/C=C\CCOP(=O)(O)OCCCCN(CCCCCCCC)CCCCCCCC. The van der Waals surface area contributed by atoms with Gasteiger partial charge < -0.3 is 9.79 Å². The zero-order valence-electron chi connectivity index (χ0n) is 23.7. The standard InChI is InChI=1S/C29H60NO4P/c1-4-7-10-13-16-19-23-28-33-35(31,32)34-29-24-22-27-30(25-20-17-14-11-8-5-2)26-21-18-15-12-9-6-3/h16,19H,4-15,17-18,20-29H2,1-3H3,(H,31,32)/b19-16-. The van der Waals surface area contributed by atoms with Gasteiger partial charge in [0.25, 0.3) is 0 Å². The molecule has 35 heavy (non-hydrogen) atoms. The van der Waals surface area contributed by atoms with Gasteiger partial charge in [-0.15, -0.1) is 0 Å². The minimum Gasteiger partial charge on any atom is -0.303 e. The zero-order chi connectivity index (χ0) is 25.9. The van der Waals surface area contributed by atoms with Crippen LogP contribution >= 0.6 is 7.82 Å². The lowest BCUT2D eigenvalue weighted by Crippen LogP contribution is -2.27. The number of phosphoric acid groups is 1. The Bertz CT molecular complexity index is 485. The van der Waals surface area contributed by atoms with Crippen LogP contribution in [0.2, 0.25) is 0 Å². The Morgan fingerprint density at radius 3 is 1.57 bits per heavy atom. The Hall–Kier alpha value is -0.190. The van der Waals surface area contributed by atoms with Crippen LogP contribution in [0.15, 0.2) is 12.2 Å². The van der Waals surface area contributed by atoms with E-state index in [2.05, 4.69) is 31.7 Å². The third-order valence-corrected chi connectivity index (χ3v) is 7.48. The molecule has 0 rings (SSSR count). The fourth-order valence-corrected chi connectivity index (χ4v) is 4.98. The molecule has 0 saturated carbocycles. The predicted molar refractivity (Wildman–Crippen MR) is 152 cm³/mol. The van der Waals surface area contributed by atoms with Gasteiger partial charge >= 0.3 is 7.82 Å². The molecule has 0 heterocycles. The van der Waals surface area contributed by atoms with E-state index in [0.717, 1.165) is 25.8 Å². The van der Waals surface area contributed by atoms with Crippen molar-refractivity contribution in [2.45, 2.75) is 143 Å². The molecule has 0 bridgehead atoms. The molecule has 0 aliphatic carbocycles. The topological polar surface area (TPSA) is 59.0 Å². The van der Waals surface area contributed by atoms with Crippen LogP contribution in [-0.4, -0.2) is 42.6 Å². The predicted octanol–water partition coefficient (Wildman–Crippen LogP) is 9.45. The summed E-state index contributed by atoms with van der Waals surface area (Å²) in [7, 11) is -3.93. The van der Waals surface area contributed by atoms with Gasteiger partial charge in [-0.3, -0.25) is 9.05 Å². The molecule has 0 aromatic carbocycles. The minimum atomic E-state index is -3.93. The first-order chi connectivity index (χ1) is 17.1. The maximum absolute atomic E-state index is 12.1. The highest BCUT2D eigenvalue weighted by Crippen LogP contribution is 2.43.